The lowest BCUT2D eigenvalue weighted by molar-refractivity contribution is 0.601. The van der Waals surface area contributed by atoms with Crippen molar-refractivity contribution in [1.29, 1.82) is 5.26 Å². The molecular weight excluding hydrogens is 308 g/mol. The predicted molar refractivity (Wildman–Crippen MR) is 86.1 cm³/mol. The highest BCUT2D eigenvalue weighted by atomic mass is 35.5. The molecule has 0 aromatic carbocycles. The highest BCUT2D eigenvalue weighted by Gasteiger charge is 2.16. The lowest BCUT2D eigenvalue weighted by Gasteiger charge is -2.14. The van der Waals surface area contributed by atoms with Crippen molar-refractivity contribution < 1.29 is 0 Å². The molecule has 0 spiro atoms. The molecule has 2 aromatic rings. The van der Waals surface area contributed by atoms with E-state index in [1.54, 1.807) is 11.3 Å². The summed E-state index contributed by atoms with van der Waals surface area (Å²) in [5.74, 6) is 0. The van der Waals surface area contributed by atoms with Crippen LogP contribution in [0.25, 0.3) is 16.1 Å². The topological polar surface area (TPSA) is 36.7 Å². The quantitative estimate of drug-likeness (QED) is 0.659. The van der Waals surface area contributed by atoms with E-state index in [0.29, 0.717) is 0 Å². The maximum Gasteiger partial charge on any atom is 0.134 e. The first kappa shape index (κ1) is 13.8. The second-order valence-electron chi connectivity index (χ2n) is 4.79. The fourth-order valence-electron chi connectivity index (χ4n) is 2.46. The van der Waals surface area contributed by atoms with Crippen molar-refractivity contribution in [1.82, 2.24) is 4.98 Å². The van der Waals surface area contributed by atoms with Crippen molar-refractivity contribution in [2.24, 2.45) is 0 Å². The van der Waals surface area contributed by atoms with Crippen molar-refractivity contribution >= 4 is 39.8 Å². The van der Waals surface area contributed by atoms with Crippen LogP contribution in [0.3, 0.4) is 0 Å². The maximum atomic E-state index is 9.46. The van der Waals surface area contributed by atoms with Gasteiger partial charge in [0, 0.05) is 5.38 Å². The maximum absolute atomic E-state index is 9.46. The van der Waals surface area contributed by atoms with E-state index < -0.39 is 0 Å². The zero-order chi connectivity index (χ0) is 13.9. The summed E-state index contributed by atoms with van der Waals surface area (Å²) in [7, 11) is 0. The third-order valence-corrected chi connectivity index (χ3v) is 5.58. The van der Waals surface area contributed by atoms with Gasteiger partial charge in [0.15, 0.2) is 0 Å². The average molecular weight is 321 g/mol. The lowest BCUT2D eigenvalue weighted by atomic mass is 9.91. The number of nitrogens with zero attached hydrogens (tertiary/aromatic N) is 2. The SMILES string of the molecule is N#CC(=C1CCCCC1)c1nc(-c2ccc(Cl)s2)cs1. The van der Waals surface area contributed by atoms with Gasteiger partial charge < -0.3 is 0 Å². The summed E-state index contributed by atoms with van der Waals surface area (Å²) in [5.41, 5.74) is 3.00. The van der Waals surface area contributed by atoms with Crippen LogP contribution in [0.15, 0.2) is 23.1 Å². The Bertz CT molecular complexity index is 683. The molecule has 20 heavy (non-hydrogen) atoms. The van der Waals surface area contributed by atoms with Crippen molar-refractivity contribution in [3.63, 3.8) is 0 Å². The molecule has 0 atom stereocenters. The molecule has 5 heteroatoms. The summed E-state index contributed by atoms with van der Waals surface area (Å²) in [6.07, 6.45) is 5.75. The minimum absolute atomic E-state index is 0.765. The monoisotopic (exact) mass is 320 g/mol. The molecule has 102 valence electrons. The van der Waals surface area contributed by atoms with Gasteiger partial charge in [-0.25, -0.2) is 4.98 Å². The molecule has 0 unspecified atom stereocenters. The van der Waals surface area contributed by atoms with E-state index in [2.05, 4.69) is 11.1 Å². The molecular formula is C15H13ClN2S2. The van der Waals surface area contributed by atoms with Crippen LogP contribution in [0.2, 0.25) is 4.34 Å². The van der Waals surface area contributed by atoms with Crippen molar-refractivity contribution in [2.75, 3.05) is 0 Å². The van der Waals surface area contributed by atoms with Crippen LogP contribution in [-0.2, 0) is 0 Å². The summed E-state index contributed by atoms with van der Waals surface area (Å²) < 4.78 is 0.765. The number of allylic oxidation sites excluding steroid dienone is 2. The zero-order valence-electron chi connectivity index (χ0n) is 10.9. The Balaban J connectivity index is 1.94. The Kier molecular flexibility index (Phi) is 4.21. The molecule has 0 aliphatic heterocycles. The molecule has 0 radical (unpaired) electrons. The molecule has 3 rings (SSSR count). The molecule has 1 aliphatic carbocycles. The number of thiazole rings is 1. The van der Waals surface area contributed by atoms with Crippen LogP contribution in [-0.4, -0.2) is 4.98 Å². The van der Waals surface area contributed by atoms with Crippen LogP contribution in [0.1, 0.15) is 37.1 Å². The molecule has 2 aromatic heterocycles. The van der Waals surface area contributed by atoms with Crippen molar-refractivity contribution in [3.05, 3.63) is 32.4 Å². The number of thiophene rings is 1. The second kappa shape index (κ2) is 6.09. The van der Waals surface area contributed by atoms with E-state index in [1.165, 1.54) is 36.2 Å². The number of aromatic nitrogens is 1. The first-order chi connectivity index (χ1) is 9.78. The highest BCUT2D eigenvalue weighted by molar-refractivity contribution is 7.19. The predicted octanol–water partition coefficient (Wildman–Crippen LogP) is 5.77. The molecule has 0 bridgehead atoms. The first-order valence-electron chi connectivity index (χ1n) is 6.61. The Morgan fingerprint density at radius 2 is 2.05 bits per heavy atom. The molecule has 1 fully saturated rings. The van der Waals surface area contributed by atoms with Crippen LogP contribution in [0.5, 0.6) is 0 Å². The summed E-state index contributed by atoms with van der Waals surface area (Å²) in [4.78, 5) is 5.69. The number of halogens is 1. The molecule has 2 heterocycles. The van der Waals surface area contributed by atoms with Gasteiger partial charge in [-0.15, -0.1) is 22.7 Å². The van der Waals surface area contributed by atoms with E-state index >= 15 is 0 Å². The summed E-state index contributed by atoms with van der Waals surface area (Å²) >= 11 is 9.03. The van der Waals surface area contributed by atoms with E-state index in [-0.39, 0.29) is 0 Å². The summed E-state index contributed by atoms with van der Waals surface area (Å²) in [6.45, 7) is 0. The second-order valence-corrected chi connectivity index (χ2v) is 7.37. The van der Waals surface area contributed by atoms with Crippen molar-refractivity contribution in [2.45, 2.75) is 32.1 Å². The third-order valence-electron chi connectivity index (χ3n) is 3.47. The van der Waals surface area contributed by atoms with Crippen LogP contribution >= 0.6 is 34.3 Å². The minimum Gasteiger partial charge on any atom is -0.234 e. The smallest absolute Gasteiger partial charge is 0.134 e. The molecule has 0 saturated heterocycles. The Hall–Kier alpha value is -1.15. The fourth-order valence-corrected chi connectivity index (χ4v) is 4.40. The Morgan fingerprint density at radius 1 is 1.25 bits per heavy atom. The normalized spacial score (nSPS) is 15.1. The largest absolute Gasteiger partial charge is 0.234 e. The van der Waals surface area contributed by atoms with Gasteiger partial charge in [0.2, 0.25) is 0 Å². The molecule has 1 saturated carbocycles. The Morgan fingerprint density at radius 3 is 2.70 bits per heavy atom. The zero-order valence-corrected chi connectivity index (χ0v) is 13.2. The average Bonchev–Trinajstić information content (AvgIpc) is 3.10. The summed E-state index contributed by atoms with van der Waals surface area (Å²) in [6, 6.07) is 6.22. The first-order valence-corrected chi connectivity index (χ1v) is 8.69. The van der Waals surface area contributed by atoms with Gasteiger partial charge in [0.1, 0.15) is 11.1 Å². The van der Waals surface area contributed by atoms with E-state index in [1.807, 2.05) is 17.5 Å². The minimum atomic E-state index is 0.765. The van der Waals surface area contributed by atoms with Gasteiger partial charge in [-0.05, 0) is 43.4 Å². The van der Waals surface area contributed by atoms with Crippen LogP contribution < -0.4 is 0 Å². The summed E-state index contributed by atoms with van der Waals surface area (Å²) in [5, 5.41) is 12.3. The standard InChI is InChI=1S/C15H13ClN2S2/c16-14-7-6-13(20-14)12-9-19-15(18-12)11(8-17)10-4-2-1-3-5-10/h6-7,9H,1-5H2. The van der Waals surface area contributed by atoms with E-state index in [0.717, 1.165) is 38.3 Å². The number of hydrogen-bond acceptors (Lipinski definition) is 4. The lowest BCUT2D eigenvalue weighted by Crippen LogP contribution is -1.97. The number of nitriles is 1. The number of rotatable bonds is 2. The van der Waals surface area contributed by atoms with Crippen molar-refractivity contribution in [3.8, 4) is 16.6 Å². The van der Waals surface area contributed by atoms with Gasteiger partial charge >= 0.3 is 0 Å². The molecule has 0 N–H and O–H groups in total. The molecule has 2 nitrogen and oxygen atoms in total. The Labute approximate surface area is 131 Å². The van der Waals surface area contributed by atoms with Gasteiger partial charge in [-0.1, -0.05) is 18.0 Å². The fraction of sp³-hybridized carbons (Fsp3) is 0.333. The molecule has 1 aliphatic rings. The molecule has 0 amide bonds. The van der Waals surface area contributed by atoms with E-state index in [9.17, 15) is 5.26 Å². The highest BCUT2D eigenvalue weighted by Crippen LogP contribution is 2.35. The third kappa shape index (κ3) is 2.80. The van der Waals surface area contributed by atoms with Gasteiger partial charge in [-0.3, -0.25) is 0 Å². The van der Waals surface area contributed by atoms with Gasteiger partial charge in [-0.2, -0.15) is 5.26 Å². The van der Waals surface area contributed by atoms with Gasteiger partial charge in [0.25, 0.3) is 0 Å². The van der Waals surface area contributed by atoms with Crippen LogP contribution in [0.4, 0.5) is 0 Å². The number of hydrogen-bond donors (Lipinski definition) is 0. The van der Waals surface area contributed by atoms with Crippen LogP contribution in [0, 0.1) is 11.3 Å². The van der Waals surface area contributed by atoms with E-state index in [4.69, 9.17) is 11.6 Å². The van der Waals surface area contributed by atoms with Gasteiger partial charge in [0.05, 0.1) is 20.5 Å².